The molecule has 0 unspecified atom stereocenters. The van der Waals surface area contributed by atoms with Crippen molar-refractivity contribution in [2.24, 2.45) is 4.99 Å². The van der Waals surface area contributed by atoms with Crippen LogP contribution in [0.3, 0.4) is 0 Å². The number of piperazine rings is 1. The van der Waals surface area contributed by atoms with Gasteiger partial charge in [0.2, 0.25) is 10.0 Å². The Labute approximate surface area is 195 Å². The van der Waals surface area contributed by atoms with Gasteiger partial charge in [0.1, 0.15) is 5.82 Å². The van der Waals surface area contributed by atoms with Gasteiger partial charge < -0.3 is 15.1 Å². The molecule has 0 spiro atoms. The molecule has 0 bridgehead atoms. The summed E-state index contributed by atoms with van der Waals surface area (Å²) < 4.78 is 27.3. The molecule has 1 aromatic carbocycles. The van der Waals surface area contributed by atoms with E-state index in [4.69, 9.17) is 0 Å². The Hall–Kier alpha value is -1.92. The summed E-state index contributed by atoms with van der Waals surface area (Å²) in [5.41, 5.74) is 1.03. The number of aromatic nitrogens is 1. The zero-order valence-electron chi connectivity index (χ0n) is 17.3. The highest BCUT2D eigenvalue weighted by Gasteiger charge is 2.20. The normalized spacial score (nSPS) is 14.9. The van der Waals surface area contributed by atoms with Gasteiger partial charge >= 0.3 is 0 Å². The first-order chi connectivity index (χ1) is 14.0. The molecule has 8 nitrogen and oxygen atoms in total. The van der Waals surface area contributed by atoms with Crippen molar-refractivity contribution >= 4 is 45.8 Å². The average molecular weight is 544 g/mol. The third-order valence-electron chi connectivity index (χ3n) is 4.80. The molecule has 0 aliphatic carbocycles. The van der Waals surface area contributed by atoms with Crippen LogP contribution in [0.15, 0.2) is 58.5 Å². The molecule has 3 rings (SSSR count). The number of aliphatic imine (C=N–C) groups is 1. The highest BCUT2D eigenvalue weighted by Crippen LogP contribution is 2.12. The van der Waals surface area contributed by atoms with E-state index in [0.29, 0.717) is 6.54 Å². The van der Waals surface area contributed by atoms with Gasteiger partial charge in [-0.1, -0.05) is 23.8 Å². The summed E-state index contributed by atoms with van der Waals surface area (Å²) in [5, 5.41) is 3.24. The number of pyridine rings is 1. The van der Waals surface area contributed by atoms with E-state index in [1.807, 2.05) is 25.1 Å². The molecule has 30 heavy (non-hydrogen) atoms. The summed E-state index contributed by atoms with van der Waals surface area (Å²) in [6, 6.07) is 12.7. The number of halogens is 1. The lowest BCUT2D eigenvalue weighted by atomic mass is 10.2. The lowest BCUT2D eigenvalue weighted by Crippen LogP contribution is -2.53. The van der Waals surface area contributed by atoms with Gasteiger partial charge in [-0.2, -0.15) is 0 Å². The van der Waals surface area contributed by atoms with Crippen molar-refractivity contribution in [1.29, 1.82) is 0 Å². The summed E-state index contributed by atoms with van der Waals surface area (Å²) in [6.45, 7) is 6.03. The van der Waals surface area contributed by atoms with Crippen LogP contribution in [-0.4, -0.2) is 70.6 Å². The number of sulfonamides is 1. The molecule has 1 aliphatic heterocycles. The van der Waals surface area contributed by atoms with Crippen LogP contribution in [0.4, 0.5) is 5.82 Å². The molecule has 0 amide bonds. The maximum atomic E-state index is 12.3. The summed E-state index contributed by atoms with van der Waals surface area (Å²) in [6.07, 6.45) is 1.81. The predicted molar refractivity (Wildman–Crippen MR) is 131 cm³/mol. The zero-order chi connectivity index (χ0) is 20.7. The molecule has 1 aliphatic rings. The van der Waals surface area contributed by atoms with Crippen LogP contribution in [0.2, 0.25) is 0 Å². The second-order valence-electron chi connectivity index (χ2n) is 6.85. The first-order valence-corrected chi connectivity index (χ1v) is 11.2. The molecule has 2 heterocycles. The minimum Gasteiger partial charge on any atom is -0.355 e. The number of nitrogens with one attached hydrogen (secondary N) is 2. The molecule has 1 saturated heterocycles. The number of anilines is 1. The minimum atomic E-state index is -3.50. The van der Waals surface area contributed by atoms with Crippen molar-refractivity contribution in [3.8, 4) is 0 Å². The van der Waals surface area contributed by atoms with Crippen molar-refractivity contribution in [1.82, 2.24) is 19.9 Å². The second-order valence-corrected chi connectivity index (χ2v) is 8.61. The minimum absolute atomic E-state index is 0. The van der Waals surface area contributed by atoms with Gasteiger partial charge in [0.15, 0.2) is 5.96 Å². The molecular weight excluding hydrogens is 515 g/mol. The monoisotopic (exact) mass is 544 g/mol. The summed E-state index contributed by atoms with van der Waals surface area (Å²) >= 11 is 0. The van der Waals surface area contributed by atoms with E-state index in [-0.39, 0.29) is 35.4 Å². The van der Waals surface area contributed by atoms with Gasteiger partial charge in [-0.3, -0.25) is 4.99 Å². The fourth-order valence-corrected chi connectivity index (χ4v) is 4.21. The summed E-state index contributed by atoms with van der Waals surface area (Å²) in [7, 11) is -1.76. The molecule has 0 radical (unpaired) electrons. The molecule has 2 aromatic rings. The summed E-state index contributed by atoms with van der Waals surface area (Å²) in [4.78, 5) is 13.4. The van der Waals surface area contributed by atoms with Crippen LogP contribution < -0.4 is 14.9 Å². The molecule has 10 heteroatoms. The average Bonchev–Trinajstić information content (AvgIpc) is 2.75. The Morgan fingerprint density at radius 1 is 1.07 bits per heavy atom. The highest BCUT2D eigenvalue weighted by molar-refractivity contribution is 14.0. The Balaban J connectivity index is 0.00000320. The number of hydrogen-bond acceptors (Lipinski definition) is 5. The number of hydrogen-bond donors (Lipinski definition) is 2. The van der Waals surface area contributed by atoms with E-state index in [2.05, 4.69) is 29.8 Å². The van der Waals surface area contributed by atoms with Crippen molar-refractivity contribution in [2.45, 2.75) is 11.8 Å². The van der Waals surface area contributed by atoms with Crippen LogP contribution in [0, 0.1) is 6.92 Å². The van der Waals surface area contributed by atoms with Crippen LogP contribution in [0.25, 0.3) is 0 Å². The maximum absolute atomic E-state index is 12.3. The van der Waals surface area contributed by atoms with Crippen molar-refractivity contribution in [3.63, 3.8) is 0 Å². The van der Waals surface area contributed by atoms with Crippen LogP contribution in [-0.2, 0) is 10.0 Å². The number of guanidine groups is 1. The van der Waals surface area contributed by atoms with Crippen molar-refractivity contribution in [2.75, 3.05) is 51.2 Å². The third kappa shape index (κ3) is 6.54. The fourth-order valence-electron chi connectivity index (χ4n) is 3.18. The van der Waals surface area contributed by atoms with Gasteiger partial charge in [-0.05, 0) is 31.2 Å². The topological polar surface area (TPSA) is 89.9 Å². The maximum Gasteiger partial charge on any atom is 0.240 e. The Morgan fingerprint density at radius 2 is 1.77 bits per heavy atom. The number of benzene rings is 1. The van der Waals surface area contributed by atoms with Gasteiger partial charge in [0, 0.05) is 52.5 Å². The first kappa shape index (κ1) is 24.4. The molecule has 2 N–H and O–H groups in total. The van der Waals surface area contributed by atoms with Crippen LogP contribution in [0.1, 0.15) is 5.56 Å². The number of aryl methyl sites for hydroxylation is 1. The Kier molecular flexibility index (Phi) is 9.31. The molecular formula is C20H29IN6O2S. The van der Waals surface area contributed by atoms with E-state index in [9.17, 15) is 8.42 Å². The van der Waals surface area contributed by atoms with Crippen LogP contribution >= 0.6 is 24.0 Å². The summed E-state index contributed by atoms with van der Waals surface area (Å²) in [5.74, 6) is 1.76. The quantitative estimate of drug-likeness (QED) is 0.249. The van der Waals surface area contributed by atoms with E-state index in [1.54, 1.807) is 37.5 Å². The second kappa shape index (κ2) is 11.5. The predicted octanol–water partition coefficient (Wildman–Crippen LogP) is 1.68. The van der Waals surface area contributed by atoms with Crippen LogP contribution in [0.5, 0.6) is 0 Å². The first-order valence-electron chi connectivity index (χ1n) is 9.67. The number of rotatable bonds is 6. The molecule has 164 valence electrons. The molecule has 0 saturated carbocycles. The third-order valence-corrected chi connectivity index (χ3v) is 6.27. The largest absolute Gasteiger partial charge is 0.355 e. The zero-order valence-corrected chi connectivity index (χ0v) is 20.4. The lowest BCUT2D eigenvalue weighted by Gasteiger charge is -2.37. The van der Waals surface area contributed by atoms with Crippen molar-refractivity contribution in [3.05, 3.63) is 54.2 Å². The molecule has 1 fully saturated rings. The van der Waals surface area contributed by atoms with Gasteiger partial charge in [-0.25, -0.2) is 18.1 Å². The highest BCUT2D eigenvalue weighted by atomic mass is 127. The SMILES string of the molecule is CN=C(NCCNS(=O)(=O)c1ccc(C)cc1)N1CCN(c2ccccn2)CC1.I. The smallest absolute Gasteiger partial charge is 0.240 e. The van der Waals surface area contributed by atoms with Gasteiger partial charge in [0.25, 0.3) is 0 Å². The fraction of sp³-hybridized carbons (Fsp3) is 0.400. The van der Waals surface area contributed by atoms with E-state index >= 15 is 0 Å². The standard InChI is InChI=1S/C20H28N6O2S.HI/c1-17-6-8-18(9-7-17)29(27,28)24-12-11-23-20(21-2)26-15-13-25(14-16-26)19-5-3-4-10-22-19;/h3-10,24H,11-16H2,1-2H3,(H,21,23);1H. The lowest BCUT2D eigenvalue weighted by molar-refractivity contribution is 0.372. The molecule has 0 atom stereocenters. The Morgan fingerprint density at radius 3 is 2.37 bits per heavy atom. The van der Waals surface area contributed by atoms with Gasteiger partial charge in [-0.15, -0.1) is 24.0 Å². The van der Waals surface area contributed by atoms with E-state index in [0.717, 1.165) is 43.5 Å². The number of nitrogens with zero attached hydrogens (tertiary/aromatic N) is 4. The molecule has 1 aromatic heterocycles. The van der Waals surface area contributed by atoms with Crippen molar-refractivity contribution < 1.29 is 8.42 Å². The Bertz CT molecular complexity index is 914. The van der Waals surface area contributed by atoms with E-state index < -0.39 is 10.0 Å². The van der Waals surface area contributed by atoms with Gasteiger partial charge in [0.05, 0.1) is 4.90 Å². The van der Waals surface area contributed by atoms with E-state index in [1.165, 1.54) is 0 Å².